The molecule has 0 spiro atoms. The zero-order valence-corrected chi connectivity index (χ0v) is 19.7. The van der Waals surface area contributed by atoms with Crippen molar-refractivity contribution in [3.05, 3.63) is 59.7 Å². The summed E-state index contributed by atoms with van der Waals surface area (Å²) >= 11 is 1.51. The van der Waals surface area contributed by atoms with Gasteiger partial charge in [0.05, 0.1) is 6.10 Å². The van der Waals surface area contributed by atoms with Crippen LogP contribution in [0.3, 0.4) is 0 Å². The van der Waals surface area contributed by atoms with Crippen molar-refractivity contribution in [3.63, 3.8) is 0 Å². The summed E-state index contributed by atoms with van der Waals surface area (Å²) in [5.74, 6) is -1.21. The lowest BCUT2D eigenvalue weighted by Gasteiger charge is -2.27. The molecule has 1 aliphatic heterocycles. The molecule has 1 fully saturated rings. The topological polar surface area (TPSA) is 116 Å². The highest BCUT2D eigenvalue weighted by atomic mass is 32.2. The lowest BCUT2D eigenvalue weighted by molar-refractivity contribution is -0.149. The minimum absolute atomic E-state index is 0.0265. The Balaban J connectivity index is 1.44. The molecule has 3 N–H and O–H groups in total. The molecule has 180 valence electrons. The lowest BCUT2D eigenvalue weighted by Crippen LogP contribution is -2.52. The van der Waals surface area contributed by atoms with Crippen LogP contribution in [-0.4, -0.2) is 76.4 Å². The summed E-state index contributed by atoms with van der Waals surface area (Å²) in [7, 11) is 0. The fourth-order valence-corrected chi connectivity index (χ4v) is 5.24. The van der Waals surface area contributed by atoms with Crippen molar-refractivity contribution < 1.29 is 29.3 Å². The largest absolute Gasteiger partial charge is 0.480 e. The number of aliphatic hydroxyl groups excluding tert-OH is 1. The van der Waals surface area contributed by atoms with E-state index in [-0.39, 0.29) is 25.5 Å². The number of aliphatic carboxylic acids is 1. The quantitative estimate of drug-likeness (QED) is 0.528. The van der Waals surface area contributed by atoms with Gasteiger partial charge >= 0.3 is 12.1 Å². The second kappa shape index (κ2) is 10.5. The number of hydrogen-bond acceptors (Lipinski definition) is 6. The molecule has 1 saturated heterocycles. The number of amides is 2. The number of likely N-dealkylation sites (tertiary alicyclic amines) is 1. The van der Waals surface area contributed by atoms with Crippen LogP contribution in [0.15, 0.2) is 48.5 Å². The Morgan fingerprint density at radius 3 is 2.32 bits per heavy atom. The molecule has 2 aromatic rings. The highest BCUT2D eigenvalue weighted by molar-refractivity contribution is 7.98. The number of carbonyl (C=O) groups excluding carboxylic acids is 2. The first-order chi connectivity index (χ1) is 16.4. The minimum atomic E-state index is -1.17. The average Bonchev–Trinajstić information content (AvgIpc) is 3.38. The Kier molecular flexibility index (Phi) is 7.43. The molecule has 0 bridgehead atoms. The van der Waals surface area contributed by atoms with E-state index in [1.807, 2.05) is 42.7 Å². The van der Waals surface area contributed by atoms with Crippen LogP contribution in [0.4, 0.5) is 4.79 Å². The van der Waals surface area contributed by atoms with Gasteiger partial charge in [-0.25, -0.2) is 9.59 Å². The van der Waals surface area contributed by atoms with Crippen molar-refractivity contribution in [1.29, 1.82) is 0 Å². The number of nitrogens with one attached hydrogen (secondary N) is 1. The number of carbonyl (C=O) groups is 3. The monoisotopic (exact) mass is 484 g/mol. The molecule has 1 unspecified atom stereocenters. The van der Waals surface area contributed by atoms with Gasteiger partial charge in [0.2, 0.25) is 5.91 Å². The molecular weight excluding hydrogens is 456 g/mol. The van der Waals surface area contributed by atoms with Crippen LogP contribution in [0, 0.1) is 0 Å². The van der Waals surface area contributed by atoms with Gasteiger partial charge in [-0.1, -0.05) is 48.5 Å². The summed E-state index contributed by atoms with van der Waals surface area (Å²) in [6, 6.07) is 14.0. The van der Waals surface area contributed by atoms with Gasteiger partial charge in [0.15, 0.2) is 0 Å². The van der Waals surface area contributed by atoms with Gasteiger partial charge in [-0.3, -0.25) is 4.79 Å². The van der Waals surface area contributed by atoms with Gasteiger partial charge in [-0.15, -0.1) is 0 Å². The maximum absolute atomic E-state index is 13.1. The van der Waals surface area contributed by atoms with Crippen molar-refractivity contribution in [2.24, 2.45) is 0 Å². The number of nitrogens with zero attached hydrogens (tertiary/aromatic N) is 1. The van der Waals surface area contributed by atoms with Gasteiger partial charge in [-0.05, 0) is 40.7 Å². The number of ether oxygens (including phenoxy) is 1. The summed E-state index contributed by atoms with van der Waals surface area (Å²) in [5.41, 5.74) is 4.41. The van der Waals surface area contributed by atoms with Gasteiger partial charge in [0, 0.05) is 18.9 Å². The standard InChI is InChI=1S/C25H28N2O6S/c1-34-11-10-21(23(29)27-13-15(28)12-22(27)24(30)31)26-25(32)33-14-20-18-8-4-2-6-16(18)17-7-3-5-9-19(17)20/h2-9,15,20-22,28H,10-14H2,1H3,(H,26,32)(H,30,31)/t15?,21-,22-/m0/s1. The number of β-amino-alcohol motifs (C(OH)–C–C–N with tert-alkyl or cyclic N) is 1. The maximum Gasteiger partial charge on any atom is 0.407 e. The van der Waals surface area contributed by atoms with E-state index >= 15 is 0 Å². The summed E-state index contributed by atoms with van der Waals surface area (Å²) in [5, 5.41) is 22.0. The minimum Gasteiger partial charge on any atom is -0.480 e. The Bertz CT molecular complexity index is 1030. The fraction of sp³-hybridized carbons (Fsp3) is 0.400. The third kappa shape index (κ3) is 4.90. The highest BCUT2D eigenvalue weighted by Gasteiger charge is 2.41. The Morgan fingerprint density at radius 2 is 1.74 bits per heavy atom. The van der Waals surface area contributed by atoms with Crippen LogP contribution in [0.25, 0.3) is 11.1 Å². The normalized spacial score (nSPS) is 19.9. The third-order valence-corrected chi connectivity index (χ3v) is 7.04. The second-order valence-corrected chi connectivity index (χ2v) is 9.52. The third-order valence-electron chi connectivity index (χ3n) is 6.39. The van der Waals surface area contributed by atoms with Crippen molar-refractivity contribution in [1.82, 2.24) is 10.2 Å². The van der Waals surface area contributed by atoms with E-state index in [4.69, 9.17) is 4.74 Å². The van der Waals surface area contributed by atoms with E-state index in [1.54, 1.807) is 0 Å². The number of benzene rings is 2. The summed E-state index contributed by atoms with van der Waals surface area (Å²) in [6.45, 7) is 0.0431. The smallest absolute Gasteiger partial charge is 0.407 e. The number of rotatable bonds is 8. The van der Waals surface area contributed by atoms with Crippen LogP contribution in [0.1, 0.15) is 29.9 Å². The van der Waals surface area contributed by atoms with E-state index in [0.717, 1.165) is 27.2 Å². The number of aliphatic hydroxyl groups is 1. The van der Waals surface area contributed by atoms with Crippen molar-refractivity contribution >= 4 is 29.7 Å². The molecule has 2 amide bonds. The molecule has 4 rings (SSSR count). The predicted octanol–water partition coefficient (Wildman–Crippen LogP) is 2.69. The van der Waals surface area contributed by atoms with Crippen molar-refractivity contribution in [2.45, 2.75) is 36.9 Å². The first-order valence-electron chi connectivity index (χ1n) is 11.2. The number of hydrogen-bond donors (Lipinski definition) is 3. The van der Waals surface area contributed by atoms with Crippen LogP contribution >= 0.6 is 11.8 Å². The van der Waals surface area contributed by atoms with E-state index in [9.17, 15) is 24.6 Å². The maximum atomic E-state index is 13.1. The zero-order valence-electron chi connectivity index (χ0n) is 18.8. The Labute approximate surface area is 202 Å². The van der Waals surface area contributed by atoms with Crippen LogP contribution < -0.4 is 5.32 Å². The van der Waals surface area contributed by atoms with Crippen molar-refractivity contribution in [2.75, 3.05) is 25.2 Å². The van der Waals surface area contributed by atoms with E-state index in [1.165, 1.54) is 11.8 Å². The fourth-order valence-electron chi connectivity index (χ4n) is 4.77. The van der Waals surface area contributed by atoms with Gasteiger partial charge in [0.25, 0.3) is 0 Å². The SMILES string of the molecule is CSCC[C@H](NC(=O)OCC1c2ccccc2-c2ccccc21)C(=O)N1CC(O)C[C@H]1C(=O)O. The Hall–Kier alpha value is -3.04. The zero-order chi connectivity index (χ0) is 24.2. The molecule has 2 aromatic carbocycles. The van der Waals surface area contributed by atoms with Crippen molar-refractivity contribution in [3.8, 4) is 11.1 Å². The predicted molar refractivity (Wildman–Crippen MR) is 129 cm³/mol. The number of fused-ring (bicyclic) bond motifs is 3. The van der Waals surface area contributed by atoms with E-state index in [2.05, 4.69) is 17.4 Å². The number of carboxylic acids is 1. The first-order valence-corrected chi connectivity index (χ1v) is 12.6. The number of carboxylic acid groups (broad SMARTS) is 1. The van der Waals surface area contributed by atoms with E-state index < -0.39 is 36.2 Å². The molecule has 8 nitrogen and oxygen atoms in total. The number of alkyl carbamates (subject to hydrolysis) is 1. The second-order valence-electron chi connectivity index (χ2n) is 8.54. The Morgan fingerprint density at radius 1 is 1.12 bits per heavy atom. The molecule has 9 heteroatoms. The molecule has 1 aliphatic carbocycles. The first kappa shape index (κ1) is 24.1. The molecule has 0 saturated carbocycles. The van der Waals surface area contributed by atoms with E-state index in [0.29, 0.717) is 12.2 Å². The van der Waals surface area contributed by atoms with Gasteiger partial charge in [0.1, 0.15) is 18.7 Å². The van der Waals surface area contributed by atoms with Gasteiger partial charge in [-0.2, -0.15) is 11.8 Å². The van der Waals surface area contributed by atoms with Gasteiger partial charge < -0.3 is 25.2 Å². The molecule has 1 heterocycles. The molecule has 34 heavy (non-hydrogen) atoms. The van der Waals surface area contributed by atoms with Crippen LogP contribution in [0.2, 0.25) is 0 Å². The summed E-state index contributed by atoms with van der Waals surface area (Å²) < 4.78 is 5.57. The molecule has 0 aromatic heterocycles. The summed E-state index contributed by atoms with van der Waals surface area (Å²) in [4.78, 5) is 38.5. The molecule has 2 aliphatic rings. The number of thioether (sulfide) groups is 1. The molecular formula is C25H28N2O6S. The average molecular weight is 485 g/mol. The van der Waals surface area contributed by atoms with Crippen LogP contribution in [0.5, 0.6) is 0 Å². The highest BCUT2D eigenvalue weighted by Crippen LogP contribution is 2.44. The van der Waals surface area contributed by atoms with Crippen LogP contribution in [-0.2, 0) is 14.3 Å². The molecule has 3 atom stereocenters. The molecule has 0 radical (unpaired) electrons. The summed E-state index contributed by atoms with van der Waals surface area (Å²) in [6.07, 6.45) is 0.549. The lowest BCUT2D eigenvalue weighted by atomic mass is 9.98.